The van der Waals surface area contributed by atoms with E-state index in [-0.39, 0.29) is 0 Å². The Balaban J connectivity index is 2.47. The van der Waals surface area contributed by atoms with Gasteiger partial charge in [-0.3, -0.25) is 14.3 Å². The predicted molar refractivity (Wildman–Crippen MR) is 88.4 cm³/mol. The highest BCUT2D eigenvalue weighted by molar-refractivity contribution is 5.83. The van der Waals surface area contributed by atoms with Crippen LogP contribution in [0.4, 0.5) is 0 Å². The number of nitrogens with one attached hydrogen (secondary N) is 1. The van der Waals surface area contributed by atoms with Crippen LogP contribution in [0.1, 0.15) is 20.1 Å². The number of carbonyl (C=O) groups is 1. The lowest BCUT2D eigenvalue weighted by Crippen LogP contribution is -2.37. The van der Waals surface area contributed by atoms with Crippen LogP contribution in [-0.4, -0.2) is 59.4 Å². The second-order valence-electron chi connectivity index (χ2n) is 5.46. The first kappa shape index (κ1) is 20.0. The van der Waals surface area contributed by atoms with Crippen molar-refractivity contribution in [2.24, 2.45) is 0 Å². The Morgan fingerprint density at radius 3 is 2.81 bits per heavy atom. The van der Waals surface area contributed by atoms with Gasteiger partial charge in [-0.2, -0.15) is 0 Å². The van der Waals surface area contributed by atoms with E-state index in [0.29, 0.717) is 12.2 Å². The molecule has 0 saturated carbocycles. The Morgan fingerprint density at radius 2 is 2.23 bits per heavy atom. The number of aromatic nitrogens is 2. The lowest BCUT2D eigenvalue weighted by molar-refractivity contribution is -0.175. The SMILES string of the molecule is CCOC(C)O[C@@H]1/C(=C/C(=O)OC)[C@@H](CO)O[C@H]1n1ccc(=O)[nH]c1=O. The minimum absolute atomic E-state index is 0.300. The standard InChI is InChI=1S/C16H22N2O8/c1-4-24-9(2)25-14-10(7-13(21)23-3)11(8-19)26-15(14)18-6-5-12(20)17-16(18)22/h5-7,9,11,14-15,19H,4,8H2,1-3H3,(H,17,20,22)/b10-7+/t9?,11-,14-,15-/m1/s1. The maximum atomic E-state index is 12.1. The average molecular weight is 370 g/mol. The van der Waals surface area contributed by atoms with Crippen molar-refractivity contribution in [1.82, 2.24) is 9.55 Å². The first-order valence-electron chi connectivity index (χ1n) is 8.05. The normalized spacial score (nSPS) is 25.4. The summed E-state index contributed by atoms with van der Waals surface area (Å²) in [5.74, 6) is -0.658. The molecule has 0 radical (unpaired) electrons. The Morgan fingerprint density at radius 1 is 1.50 bits per heavy atom. The van der Waals surface area contributed by atoms with E-state index in [0.717, 1.165) is 16.7 Å². The molecule has 1 aromatic rings. The molecule has 0 amide bonds. The van der Waals surface area contributed by atoms with Crippen LogP contribution in [-0.2, 0) is 23.7 Å². The van der Waals surface area contributed by atoms with Crippen LogP contribution in [0, 0.1) is 0 Å². The van der Waals surface area contributed by atoms with E-state index in [1.165, 1.54) is 13.3 Å². The number of aliphatic hydroxyl groups is 1. The van der Waals surface area contributed by atoms with E-state index < -0.39 is 48.6 Å². The van der Waals surface area contributed by atoms with Crippen molar-refractivity contribution < 1.29 is 28.8 Å². The number of rotatable bonds is 7. The van der Waals surface area contributed by atoms with E-state index >= 15 is 0 Å². The molecule has 1 fully saturated rings. The highest BCUT2D eigenvalue weighted by Gasteiger charge is 2.43. The molecule has 1 unspecified atom stereocenters. The van der Waals surface area contributed by atoms with Gasteiger partial charge in [-0.15, -0.1) is 0 Å². The van der Waals surface area contributed by atoms with Gasteiger partial charge in [0.1, 0.15) is 12.2 Å². The Bertz CT molecular complexity index is 768. The van der Waals surface area contributed by atoms with Crippen LogP contribution in [0.5, 0.6) is 0 Å². The first-order chi connectivity index (χ1) is 12.4. The molecule has 10 heteroatoms. The molecule has 1 saturated heterocycles. The van der Waals surface area contributed by atoms with E-state index in [2.05, 4.69) is 9.72 Å². The number of hydrogen-bond donors (Lipinski definition) is 2. The van der Waals surface area contributed by atoms with E-state index in [9.17, 15) is 19.5 Å². The molecule has 2 heterocycles. The molecule has 2 N–H and O–H groups in total. The molecule has 2 rings (SSSR count). The quantitative estimate of drug-likeness (QED) is 0.366. The zero-order valence-corrected chi connectivity index (χ0v) is 14.7. The molecule has 1 aliphatic rings. The van der Waals surface area contributed by atoms with Crippen LogP contribution in [0.15, 0.2) is 33.5 Å². The summed E-state index contributed by atoms with van der Waals surface area (Å²) in [6, 6.07) is 1.16. The van der Waals surface area contributed by atoms with Crippen molar-refractivity contribution in [1.29, 1.82) is 0 Å². The molecular weight excluding hydrogens is 348 g/mol. The van der Waals surface area contributed by atoms with E-state index in [1.54, 1.807) is 13.8 Å². The first-order valence-corrected chi connectivity index (χ1v) is 8.05. The Hall–Kier alpha value is -2.27. The lowest BCUT2D eigenvalue weighted by Gasteiger charge is -2.24. The maximum Gasteiger partial charge on any atom is 0.330 e. The average Bonchev–Trinajstić information content (AvgIpc) is 2.92. The number of carbonyl (C=O) groups excluding carboxylic acids is 1. The molecule has 10 nitrogen and oxygen atoms in total. The number of aliphatic hydroxyl groups excluding tert-OH is 1. The summed E-state index contributed by atoms with van der Waals surface area (Å²) in [6.07, 6.45) is -1.10. The molecule has 1 aromatic heterocycles. The fourth-order valence-corrected chi connectivity index (χ4v) is 2.65. The van der Waals surface area contributed by atoms with Gasteiger partial charge in [0, 0.05) is 30.5 Å². The Labute approximate surface area is 148 Å². The van der Waals surface area contributed by atoms with Crippen molar-refractivity contribution in [2.75, 3.05) is 20.3 Å². The highest BCUT2D eigenvalue weighted by Crippen LogP contribution is 2.35. The number of nitrogens with zero attached hydrogens (tertiary/aromatic N) is 1. The van der Waals surface area contributed by atoms with Gasteiger partial charge in [0.25, 0.3) is 5.56 Å². The number of H-pyrrole nitrogens is 1. The van der Waals surface area contributed by atoms with Gasteiger partial charge >= 0.3 is 11.7 Å². The zero-order valence-electron chi connectivity index (χ0n) is 14.7. The van der Waals surface area contributed by atoms with Gasteiger partial charge in [0.2, 0.25) is 0 Å². The fourth-order valence-electron chi connectivity index (χ4n) is 2.65. The molecule has 1 aliphatic heterocycles. The van der Waals surface area contributed by atoms with Crippen LogP contribution in [0.2, 0.25) is 0 Å². The summed E-state index contributed by atoms with van der Waals surface area (Å²) in [5, 5.41) is 9.61. The van der Waals surface area contributed by atoms with Gasteiger partial charge in [-0.25, -0.2) is 9.59 Å². The monoisotopic (exact) mass is 370 g/mol. The smallest absolute Gasteiger partial charge is 0.330 e. The van der Waals surface area contributed by atoms with Crippen molar-refractivity contribution in [3.8, 4) is 0 Å². The van der Waals surface area contributed by atoms with E-state index in [1.807, 2.05) is 0 Å². The largest absolute Gasteiger partial charge is 0.466 e. The maximum absolute atomic E-state index is 12.1. The summed E-state index contributed by atoms with van der Waals surface area (Å²) in [6.45, 7) is 3.38. The molecule has 0 aliphatic carbocycles. The second-order valence-corrected chi connectivity index (χ2v) is 5.46. The third-order valence-corrected chi connectivity index (χ3v) is 3.78. The van der Waals surface area contributed by atoms with Crippen molar-refractivity contribution in [3.05, 3.63) is 44.8 Å². The van der Waals surface area contributed by atoms with Crippen molar-refractivity contribution in [3.63, 3.8) is 0 Å². The molecule has 0 spiro atoms. The summed E-state index contributed by atoms with van der Waals surface area (Å²) < 4.78 is 22.6. The van der Waals surface area contributed by atoms with Crippen molar-refractivity contribution >= 4 is 5.97 Å². The molecule has 4 atom stereocenters. The number of aromatic amines is 1. The van der Waals surface area contributed by atoms with Gasteiger partial charge in [0.05, 0.1) is 13.7 Å². The third-order valence-electron chi connectivity index (χ3n) is 3.78. The minimum Gasteiger partial charge on any atom is -0.466 e. The topological polar surface area (TPSA) is 129 Å². The van der Waals surface area contributed by atoms with Gasteiger partial charge in [-0.05, 0) is 13.8 Å². The predicted octanol–water partition coefficient (Wildman–Crippen LogP) is -0.707. The van der Waals surface area contributed by atoms with Crippen LogP contribution in [0.3, 0.4) is 0 Å². The molecule has 0 aromatic carbocycles. The fraction of sp³-hybridized carbons (Fsp3) is 0.562. The van der Waals surface area contributed by atoms with Gasteiger partial charge in [-0.1, -0.05) is 0 Å². The molecule has 26 heavy (non-hydrogen) atoms. The number of hydrogen-bond acceptors (Lipinski definition) is 8. The molecule has 0 bridgehead atoms. The number of ether oxygens (including phenoxy) is 4. The van der Waals surface area contributed by atoms with Crippen LogP contribution in [0.25, 0.3) is 0 Å². The number of esters is 1. The zero-order chi connectivity index (χ0) is 19.3. The second kappa shape index (κ2) is 8.90. The van der Waals surface area contributed by atoms with Crippen molar-refractivity contribution in [2.45, 2.75) is 38.6 Å². The lowest BCUT2D eigenvalue weighted by atomic mass is 10.1. The summed E-state index contributed by atoms with van der Waals surface area (Å²) in [5.41, 5.74) is -0.974. The minimum atomic E-state index is -1.02. The highest BCUT2D eigenvalue weighted by atomic mass is 16.7. The van der Waals surface area contributed by atoms with E-state index in [4.69, 9.17) is 14.2 Å². The van der Waals surface area contributed by atoms with Crippen LogP contribution < -0.4 is 11.2 Å². The Kier molecular flexibility index (Phi) is 6.86. The van der Waals surface area contributed by atoms with Gasteiger partial charge in [0.15, 0.2) is 12.5 Å². The van der Waals surface area contributed by atoms with Crippen LogP contribution >= 0.6 is 0 Å². The molecule has 144 valence electrons. The third kappa shape index (κ3) is 4.47. The van der Waals surface area contributed by atoms with Gasteiger partial charge < -0.3 is 24.1 Å². The summed E-state index contributed by atoms with van der Waals surface area (Å²) in [4.78, 5) is 37.3. The summed E-state index contributed by atoms with van der Waals surface area (Å²) >= 11 is 0. The molecular formula is C16H22N2O8. The summed E-state index contributed by atoms with van der Waals surface area (Å²) in [7, 11) is 1.21. The number of methoxy groups -OCH3 is 1.